The van der Waals surface area contributed by atoms with E-state index in [-0.39, 0.29) is 12.0 Å². The van der Waals surface area contributed by atoms with E-state index < -0.39 is 0 Å². The Kier molecular flexibility index (Phi) is 8.24. The van der Waals surface area contributed by atoms with Gasteiger partial charge in [-0.05, 0) is 72.7 Å². The van der Waals surface area contributed by atoms with Gasteiger partial charge in [0, 0.05) is 12.1 Å². The fourth-order valence-corrected chi connectivity index (χ4v) is 4.91. The summed E-state index contributed by atoms with van der Waals surface area (Å²) in [6.45, 7) is 7.85. The number of carbonyl (C=O) groups excluding carboxylic acids is 1. The van der Waals surface area contributed by atoms with Gasteiger partial charge in [0.15, 0.2) is 11.5 Å². The molecule has 1 atom stereocenters. The Hall–Kier alpha value is -3.71. The molecule has 0 bridgehead atoms. The number of benzene rings is 3. The van der Waals surface area contributed by atoms with Crippen molar-refractivity contribution in [2.45, 2.75) is 46.5 Å². The van der Waals surface area contributed by atoms with Crippen molar-refractivity contribution >= 4 is 5.91 Å². The highest BCUT2D eigenvalue weighted by atomic mass is 16.5. The van der Waals surface area contributed by atoms with Gasteiger partial charge in [-0.1, -0.05) is 30.3 Å². The summed E-state index contributed by atoms with van der Waals surface area (Å²) in [5.41, 5.74) is 7.40. The van der Waals surface area contributed by atoms with E-state index in [1.165, 1.54) is 38.0 Å². The number of methoxy groups -OCH3 is 3. The van der Waals surface area contributed by atoms with Crippen LogP contribution in [0.15, 0.2) is 42.5 Å². The molecule has 0 fully saturated rings. The van der Waals surface area contributed by atoms with E-state index in [1.54, 1.807) is 12.1 Å². The zero-order chi connectivity index (χ0) is 26.5. The largest absolute Gasteiger partial charge is 0.493 e. The van der Waals surface area contributed by atoms with Crippen molar-refractivity contribution in [3.63, 3.8) is 0 Å². The van der Waals surface area contributed by atoms with Crippen LogP contribution in [-0.2, 0) is 18.0 Å². The number of hydrogen-bond acceptors (Lipinski definition) is 6. The second kappa shape index (κ2) is 11.6. The summed E-state index contributed by atoms with van der Waals surface area (Å²) >= 11 is 0. The molecule has 7 heteroatoms. The molecular formula is C30H35NO6. The summed E-state index contributed by atoms with van der Waals surface area (Å²) in [6.07, 6.45) is 0.573. The molecule has 0 radical (unpaired) electrons. The van der Waals surface area contributed by atoms with E-state index in [2.05, 4.69) is 38.2 Å². The topological polar surface area (TPSA) is 75.3 Å². The number of fused-ring (bicyclic) bond motifs is 1. The van der Waals surface area contributed by atoms with Gasteiger partial charge >= 0.3 is 0 Å². The zero-order valence-electron chi connectivity index (χ0n) is 22.4. The minimum absolute atomic E-state index is 0.0872. The van der Waals surface area contributed by atoms with E-state index in [0.717, 1.165) is 22.4 Å². The first-order valence-corrected chi connectivity index (χ1v) is 12.4. The molecule has 1 unspecified atom stereocenters. The lowest BCUT2D eigenvalue weighted by Crippen LogP contribution is -2.26. The summed E-state index contributed by atoms with van der Waals surface area (Å²) in [5, 5.41) is 3.00. The van der Waals surface area contributed by atoms with Gasteiger partial charge in [-0.15, -0.1) is 0 Å². The van der Waals surface area contributed by atoms with Crippen molar-refractivity contribution in [1.82, 2.24) is 5.32 Å². The van der Waals surface area contributed by atoms with Gasteiger partial charge in [0.2, 0.25) is 5.75 Å². The quantitative estimate of drug-likeness (QED) is 0.386. The van der Waals surface area contributed by atoms with Crippen LogP contribution < -0.4 is 24.3 Å². The monoisotopic (exact) mass is 505 g/mol. The highest BCUT2D eigenvalue weighted by molar-refractivity contribution is 5.95. The Bertz CT molecular complexity index is 1250. The second-order valence-corrected chi connectivity index (χ2v) is 9.13. The predicted octanol–water partition coefficient (Wildman–Crippen LogP) is 5.61. The molecule has 7 nitrogen and oxygen atoms in total. The molecule has 1 aliphatic rings. The summed E-state index contributed by atoms with van der Waals surface area (Å²) < 4.78 is 28.5. The van der Waals surface area contributed by atoms with E-state index in [9.17, 15) is 4.79 Å². The highest BCUT2D eigenvalue weighted by Gasteiger charge is 2.30. The molecule has 4 rings (SSSR count). The third-order valence-electron chi connectivity index (χ3n) is 7.02. The first-order chi connectivity index (χ1) is 17.9. The van der Waals surface area contributed by atoms with Gasteiger partial charge in [0.25, 0.3) is 5.91 Å². The van der Waals surface area contributed by atoms with Crippen LogP contribution in [0.5, 0.6) is 23.0 Å². The van der Waals surface area contributed by atoms with Crippen LogP contribution in [-0.4, -0.2) is 33.8 Å². The fourth-order valence-electron chi connectivity index (χ4n) is 4.91. The SMILES string of the molecule is COc1cc(C(=O)NCCC2OCc3c(C)c(OCc4ccccc4)c(C)c(C)c32)cc(OC)c1OC. The molecule has 1 N–H and O–H groups in total. The van der Waals surface area contributed by atoms with E-state index in [4.69, 9.17) is 23.7 Å². The summed E-state index contributed by atoms with van der Waals surface area (Å²) in [6, 6.07) is 13.5. The summed E-state index contributed by atoms with van der Waals surface area (Å²) in [5.74, 6) is 2.04. The molecule has 3 aromatic rings. The van der Waals surface area contributed by atoms with Crippen molar-refractivity contribution in [1.29, 1.82) is 0 Å². The Morgan fingerprint density at radius 1 is 0.919 bits per heavy atom. The first-order valence-electron chi connectivity index (χ1n) is 12.4. The number of carbonyl (C=O) groups is 1. The zero-order valence-corrected chi connectivity index (χ0v) is 22.4. The number of hydrogen-bond donors (Lipinski definition) is 1. The molecule has 0 aliphatic carbocycles. The van der Waals surface area contributed by atoms with E-state index in [1.807, 2.05) is 18.2 Å². The summed E-state index contributed by atoms with van der Waals surface area (Å²) in [4.78, 5) is 12.9. The molecular weight excluding hydrogens is 470 g/mol. The van der Waals surface area contributed by atoms with Crippen LogP contribution in [0.2, 0.25) is 0 Å². The van der Waals surface area contributed by atoms with Gasteiger partial charge in [-0.2, -0.15) is 0 Å². The molecule has 196 valence electrons. The molecule has 0 aromatic heterocycles. The van der Waals surface area contributed by atoms with E-state index in [0.29, 0.717) is 49.0 Å². The standard InChI is InChI=1S/C30H35NO6/c1-18-19(2)28(37-16-21-10-8-7-9-11-21)20(3)23-17-36-24(27(18)23)12-13-31-30(32)22-14-25(33-4)29(35-6)26(15-22)34-5/h7-11,14-15,24H,12-13,16-17H2,1-6H3,(H,31,32). The van der Waals surface area contributed by atoms with Crippen molar-refractivity contribution < 1.29 is 28.5 Å². The number of ether oxygens (including phenoxy) is 5. The number of rotatable bonds is 10. The third-order valence-corrected chi connectivity index (χ3v) is 7.02. The minimum atomic E-state index is -0.216. The maximum absolute atomic E-state index is 12.9. The van der Waals surface area contributed by atoms with Crippen molar-refractivity contribution in [2.75, 3.05) is 27.9 Å². The lowest BCUT2D eigenvalue weighted by molar-refractivity contribution is 0.0591. The maximum atomic E-state index is 12.9. The Labute approximate surface area is 218 Å². The average molecular weight is 506 g/mol. The van der Waals surface area contributed by atoms with Crippen molar-refractivity contribution in [3.05, 3.63) is 81.4 Å². The number of amides is 1. The lowest BCUT2D eigenvalue weighted by Gasteiger charge is -2.20. The van der Waals surface area contributed by atoms with Crippen LogP contribution in [0.4, 0.5) is 0 Å². The fraction of sp³-hybridized carbons (Fsp3) is 0.367. The van der Waals surface area contributed by atoms with Crippen LogP contribution in [0.3, 0.4) is 0 Å². The van der Waals surface area contributed by atoms with Crippen LogP contribution in [0.1, 0.15) is 56.3 Å². The molecule has 3 aromatic carbocycles. The van der Waals surface area contributed by atoms with Crippen LogP contribution >= 0.6 is 0 Å². The molecule has 37 heavy (non-hydrogen) atoms. The van der Waals surface area contributed by atoms with Gasteiger partial charge < -0.3 is 29.0 Å². The van der Waals surface area contributed by atoms with E-state index >= 15 is 0 Å². The predicted molar refractivity (Wildman–Crippen MR) is 142 cm³/mol. The second-order valence-electron chi connectivity index (χ2n) is 9.13. The van der Waals surface area contributed by atoms with Gasteiger partial charge in [-0.25, -0.2) is 0 Å². The number of nitrogens with one attached hydrogen (secondary N) is 1. The highest BCUT2D eigenvalue weighted by Crippen LogP contribution is 2.43. The average Bonchev–Trinajstić information content (AvgIpc) is 3.35. The van der Waals surface area contributed by atoms with Crippen LogP contribution in [0, 0.1) is 20.8 Å². The molecule has 0 saturated carbocycles. The first kappa shape index (κ1) is 26.4. The molecule has 0 saturated heterocycles. The van der Waals surface area contributed by atoms with Gasteiger partial charge in [-0.3, -0.25) is 4.79 Å². The lowest BCUT2D eigenvalue weighted by atomic mass is 9.90. The van der Waals surface area contributed by atoms with Crippen molar-refractivity contribution in [3.8, 4) is 23.0 Å². The molecule has 1 amide bonds. The third kappa shape index (κ3) is 5.37. The normalized spacial score (nSPS) is 14.2. The van der Waals surface area contributed by atoms with Gasteiger partial charge in [0.1, 0.15) is 12.4 Å². The van der Waals surface area contributed by atoms with Crippen molar-refractivity contribution in [2.24, 2.45) is 0 Å². The smallest absolute Gasteiger partial charge is 0.251 e. The molecule has 1 heterocycles. The minimum Gasteiger partial charge on any atom is -0.493 e. The van der Waals surface area contributed by atoms with Crippen LogP contribution in [0.25, 0.3) is 0 Å². The molecule has 1 aliphatic heterocycles. The Balaban J connectivity index is 1.45. The maximum Gasteiger partial charge on any atom is 0.251 e. The Morgan fingerprint density at radius 3 is 2.22 bits per heavy atom. The van der Waals surface area contributed by atoms with Gasteiger partial charge in [0.05, 0.1) is 34.0 Å². The summed E-state index contributed by atoms with van der Waals surface area (Å²) in [7, 11) is 4.58. The molecule has 0 spiro atoms. The Morgan fingerprint density at radius 2 is 1.59 bits per heavy atom.